The maximum Gasteiger partial charge on any atom is 0.305 e. The lowest BCUT2D eigenvalue weighted by Gasteiger charge is -2.35. The van der Waals surface area contributed by atoms with Crippen LogP contribution >= 0.6 is 0 Å². The van der Waals surface area contributed by atoms with Gasteiger partial charge in [-0.15, -0.1) is 0 Å². The molecule has 9 nitrogen and oxygen atoms in total. The van der Waals surface area contributed by atoms with Crippen LogP contribution in [0.25, 0.3) is 0 Å². The van der Waals surface area contributed by atoms with E-state index >= 15 is 0 Å². The zero-order chi connectivity index (χ0) is 23.4. The van der Waals surface area contributed by atoms with Gasteiger partial charge in [0.2, 0.25) is 6.29 Å². The van der Waals surface area contributed by atoms with E-state index in [4.69, 9.17) is 24.1 Å². The molecule has 1 fully saturated rings. The number of benzene rings is 1. The second-order valence-corrected chi connectivity index (χ2v) is 6.68. The van der Waals surface area contributed by atoms with Crippen LogP contribution in [0.3, 0.4) is 0 Å². The Bertz CT molecular complexity index is 759. The first-order valence-electron chi connectivity index (χ1n) is 10.2. The average Bonchev–Trinajstić information content (AvgIpc) is 2.75. The number of carbonyl (C=O) groups is 4. The molecule has 0 aromatic heterocycles. The molecule has 1 aliphatic heterocycles. The van der Waals surface area contributed by atoms with Gasteiger partial charge in [0.1, 0.15) is 11.9 Å². The Kier molecular flexibility index (Phi) is 11.3. The smallest absolute Gasteiger partial charge is 0.305 e. The number of aliphatic carboxylic acids is 1. The van der Waals surface area contributed by atoms with E-state index in [0.29, 0.717) is 11.3 Å². The van der Waals surface area contributed by atoms with Gasteiger partial charge >= 0.3 is 17.9 Å². The predicted molar refractivity (Wildman–Crippen MR) is 110 cm³/mol. The van der Waals surface area contributed by atoms with Crippen molar-refractivity contribution >= 4 is 23.7 Å². The van der Waals surface area contributed by atoms with Gasteiger partial charge in [0.15, 0.2) is 11.9 Å². The number of Topliss-reactive ketones (excluding diaryl/α,β-unsaturated/α-hetero) is 1. The van der Waals surface area contributed by atoms with Crippen molar-refractivity contribution in [1.82, 2.24) is 0 Å². The Morgan fingerprint density at radius 1 is 0.968 bits per heavy atom. The molecule has 2 rings (SSSR count). The van der Waals surface area contributed by atoms with E-state index in [2.05, 4.69) is 0 Å². The van der Waals surface area contributed by atoms with Crippen LogP contribution < -0.4 is 4.74 Å². The molecule has 31 heavy (non-hydrogen) atoms. The van der Waals surface area contributed by atoms with Gasteiger partial charge in [-0.1, -0.05) is 32.9 Å². The standard InChI is InChI=1S/C19H24O7.C3H6O2/c1-4-17(21)24-15-10-19(23-11-16(15)25-18(22)5-2)26-14-9-7-6-8-13(14)12(3)20;1-2-3(4)5/h6-9,15-16,19H,4-5,10-11H2,1-3H3;2H2,1H3,(H,4,5)/t15-,16-,19?;/m1./s1. The zero-order valence-corrected chi connectivity index (χ0v) is 18.3. The van der Waals surface area contributed by atoms with Crippen LogP contribution in [0.5, 0.6) is 5.75 Å². The van der Waals surface area contributed by atoms with Gasteiger partial charge in [-0.25, -0.2) is 0 Å². The SMILES string of the molecule is CCC(=O)O.CCC(=O)O[C@@H]1COC(Oc2ccccc2C(C)=O)C[C@H]1OC(=O)CC. The molecular weight excluding hydrogens is 408 g/mol. The molecule has 0 aliphatic carbocycles. The lowest BCUT2D eigenvalue weighted by Crippen LogP contribution is -2.47. The molecule has 0 saturated carbocycles. The highest BCUT2D eigenvalue weighted by atomic mass is 16.7. The summed E-state index contributed by atoms with van der Waals surface area (Å²) >= 11 is 0. The van der Waals surface area contributed by atoms with Gasteiger partial charge in [0.05, 0.1) is 18.6 Å². The molecule has 1 saturated heterocycles. The second-order valence-electron chi connectivity index (χ2n) is 6.68. The van der Waals surface area contributed by atoms with Crippen molar-refractivity contribution in [2.75, 3.05) is 6.61 Å². The summed E-state index contributed by atoms with van der Waals surface area (Å²) in [5.74, 6) is -1.26. The number of ether oxygens (including phenoxy) is 4. The Morgan fingerprint density at radius 3 is 2.03 bits per heavy atom. The molecule has 0 amide bonds. The topological polar surface area (TPSA) is 125 Å². The number of hydrogen-bond donors (Lipinski definition) is 1. The number of rotatable bonds is 8. The van der Waals surface area contributed by atoms with Gasteiger partial charge in [-0.3, -0.25) is 19.2 Å². The number of hydrogen-bond acceptors (Lipinski definition) is 8. The minimum atomic E-state index is -0.745. The first-order valence-corrected chi connectivity index (χ1v) is 10.2. The second kappa shape index (κ2) is 13.4. The quantitative estimate of drug-likeness (QED) is 0.481. The first-order chi connectivity index (χ1) is 14.7. The molecule has 1 aliphatic rings. The molecular formula is C22H30O9. The lowest BCUT2D eigenvalue weighted by atomic mass is 10.1. The normalized spacial score (nSPS) is 19.9. The third-order valence-electron chi connectivity index (χ3n) is 4.26. The monoisotopic (exact) mass is 438 g/mol. The van der Waals surface area contributed by atoms with Crippen molar-refractivity contribution in [1.29, 1.82) is 0 Å². The van der Waals surface area contributed by atoms with Crippen LogP contribution in [0.2, 0.25) is 0 Å². The largest absolute Gasteiger partial charge is 0.481 e. The molecule has 0 bridgehead atoms. The number of carboxylic acids is 1. The summed E-state index contributed by atoms with van der Waals surface area (Å²) in [6.07, 6.45) is -1.22. The number of esters is 2. The maximum atomic E-state index is 11.7. The number of carboxylic acid groups (broad SMARTS) is 1. The van der Waals surface area contributed by atoms with Crippen molar-refractivity contribution < 1.29 is 43.2 Å². The van der Waals surface area contributed by atoms with Crippen LogP contribution in [-0.4, -0.2) is 53.9 Å². The molecule has 1 heterocycles. The number of ketones is 1. The molecule has 1 unspecified atom stereocenters. The minimum absolute atomic E-state index is 0.0420. The predicted octanol–water partition coefficient (Wildman–Crippen LogP) is 3.14. The van der Waals surface area contributed by atoms with Gasteiger partial charge in [-0.05, 0) is 19.1 Å². The molecule has 9 heteroatoms. The molecule has 0 radical (unpaired) electrons. The maximum absolute atomic E-state index is 11.7. The highest BCUT2D eigenvalue weighted by molar-refractivity contribution is 5.96. The highest BCUT2D eigenvalue weighted by Crippen LogP contribution is 2.26. The van der Waals surface area contributed by atoms with Crippen LogP contribution in [-0.2, 0) is 28.6 Å². The van der Waals surface area contributed by atoms with Crippen molar-refractivity contribution in [3.8, 4) is 5.75 Å². The van der Waals surface area contributed by atoms with E-state index in [9.17, 15) is 19.2 Å². The molecule has 1 aromatic carbocycles. The lowest BCUT2D eigenvalue weighted by molar-refractivity contribution is -0.212. The van der Waals surface area contributed by atoms with E-state index in [0.717, 1.165) is 0 Å². The minimum Gasteiger partial charge on any atom is -0.481 e. The van der Waals surface area contributed by atoms with Crippen LogP contribution in [0.15, 0.2) is 24.3 Å². The summed E-state index contributed by atoms with van der Waals surface area (Å²) < 4.78 is 22.1. The van der Waals surface area contributed by atoms with E-state index in [1.165, 1.54) is 6.92 Å². The average molecular weight is 438 g/mol. The molecule has 1 aromatic rings. The van der Waals surface area contributed by atoms with E-state index < -0.39 is 36.4 Å². The number of carbonyl (C=O) groups excluding carboxylic acids is 3. The van der Waals surface area contributed by atoms with Crippen molar-refractivity contribution in [2.24, 2.45) is 0 Å². The Morgan fingerprint density at radius 2 is 1.52 bits per heavy atom. The molecule has 0 spiro atoms. The summed E-state index contributed by atoms with van der Waals surface area (Å²) in [6.45, 7) is 6.47. The van der Waals surface area contributed by atoms with Crippen LogP contribution in [0, 0.1) is 0 Å². The third-order valence-corrected chi connectivity index (χ3v) is 4.26. The van der Waals surface area contributed by atoms with Gasteiger partial charge in [0, 0.05) is 19.3 Å². The van der Waals surface area contributed by atoms with Crippen LogP contribution in [0.1, 0.15) is 63.7 Å². The first kappa shape index (κ1) is 26.1. The van der Waals surface area contributed by atoms with Gasteiger partial charge in [-0.2, -0.15) is 0 Å². The van der Waals surface area contributed by atoms with E-state index in [1.807, 2.05) is 0 Å². The van der Waals surface area contributed by atoms with Crippen molar-refractivity contribution in [2.45, 2.75) is 71.9 Å². The fraction of sp³-hybridized carbons (Fsp3) is 0.545. The molecule has 3 atom stereocenters. The third kappa shape index (κ3) is 9.17. The van der Waals surface area contributed by atoms with Crippen molar-refractivity contribution in [3.05, 3.63) is 29.8 Å². The van der Waals surface area contributed by atoms with Crippen LogP contribution in [0.4, 0.5) is 0 Å². The molecule has 172 valence electrons. The Balaban J connectivity index is 0.000000861. The zero-order valence-electron chi connectivity index (χ0n) is 18.3. The summed E-state index contributed by atoms with van der Waals surface area (Å²) in [5.41, 5.74) is 0.442. The summed E-state index contributed by atoms with van der Waals surface area (Å²) in [7, 11) is 0. The Hall–Kier alpha value is -2.94. The van der Waals surface area contributed by atoms with Gasteiger partial charge in [0.25, 0.3) is 0 Å². The summed E-state index contributed by atoms with van der Waals surface area (Å²) in [4.78, 5) is 44.4. The molecule has 1 N–H and O–H groups in total. The van der Waals surface area contributed by atoms with Gasteiger partial charge < -0.3 is 24.1 Å². The van der Waals surface area contributed by atoms with E-state index in [-0.39, 0.29) is 38.1 Å². The van der Waals surface area contributed by atoms with E-state index in [1.54, 1.807) is 45.0 Å². The summed E-state index contributed by atoms with van der Waals surface area (Å²) in [5, 5.41) is 7.72. The van der Waals surface area contributed by atoms with Crippen molar-refractivity contribution in [3.63, 3.8) is 0 Å². The fourth-order valence-corrected chi connectivity index (χ4v) is 2.54. The fourth-order valence-electron chi connectivity index (χ4n) is 2.54. The number of para-hydroxylation sites is 1. The Labute approximate surface area is 181 Å². The summed E-state index contributed by atoms with van der Waals surface area (Å²) in [6, 6.07) is 6.85. The highest BCUT2D eigenvalue weighted by Gasteiger charge is 2.37.